The fraction of sp³-hybridized carbons (Fsp3) is 0.389. The topological polar surface area (TPSA) is 84.1 Å². The molecule has 7 nitrogen and oxygen atoms in total. The molecule has 1 amide bonds. The van der Waals surface area contributed by atoms with Gasteiger partial charge in [-0.15, -0.1) is 0 Å². The van der Waals surface area contributed by atoms with Crippen molar-refractivity contribution >= 4 is 15.9 Å². The molecule has 3 rings (SSSR count). The first-order valence-corrected chi connectivity index (χ1v) is 10.2. The largest absolute Gasteiger partial charge is 0.467 e. The van der Waals surface area contributed by atoms with Crippen molar-refractivity contribution in [2.45, 2.75) is 17.9 Å². The number of carbonyl (C=O) groups is 1. The van der Waals surface area contributed by atoms with Gasteiger partial charge in [-0.05, 0) is 43.3 Å². The van der Waals surface area contributed by atoms with Crippen LogP contribution in [0.2, 0.25) is 0 Å². The Morgan fingerprint density at radius 3 is 2.52 bits per heavy atom. The van der Waals surface area contributed by atoms with E-state index in [1.165, 1.54) is 16.4 Å². The van der Waals surface area contributed by atoms with Crippen molar-refractivity contribution in [1.82, 2.24) is 9.62 Å². The molecule has 0 unspecified atom stereocenters. The van der Waals surface area contributed by atoms with Gasteiger partial charge in [-0.2, -0.15) is 4.31 Å². The highest BCUT2D eigenvalue weighted by Crippen LogP contribution is 2.16. The van der Waals surface area contributed by atoms with E-state index in [2.05, 4.69) is 5.32 Å². The summed E-state index contributed by atoms with van der Waals surface area (Å²) in [5, 5.41) is 2.88. The van der Waals surface area contributed by atoms with Crippen LogP contribution in [0, 0.1) is 5.82 Å². The molecule has 27 heavy (non-hydrogen) atoms. The van der Waals surface area contributed by atoms with Gasteiger partial charge >= 0.3 is 0 Å². The molecular weight excluding hydrogens is 373 g/mol. The maximum Gasteiger partial charge on any atom is 0.275 e. The molecule has 9 heteroatoms. The lowest BCUT2D eigenvalue weighted by Gasteiger charge is -2.31. The van der Waals surface area contributed by atoms with Gasteiger partial charge in [0.1, 0.15) is 11.6 Å². The molecule has 2 aromatic rings. The van der Waals surface area contributed by atoms with E-state index >= 15 is 0 Å². The number of nitrogens with zero attached hydrogens (tertiary/aromatic N) is 1. The van der Waals surface area contributed by atoms with Crippen molar-refractivity contribution in [3.05, 3.63) is 54.2 Å². The Hall–Kier alpha value is -2.23. The van der Waals surface area contributed by atoms with Gasteiger partial charge in [0.2, 0.25) is 10.0 Å². The van der Waals surface area contributed by atoms with Gasteiger partial charge in [0.25, 0.3) is 5.91 Å². The van der Waals surface area contributed by atoms with Crippen LogP contribution in [0.5, 0.6) is 0 Å². The summed E-state index contributed by atoms with van der Waals surface area (Å²) in [6, 6.07) is 8.17. The fourth-order valence-corrected chi connectivity index (χ4v) is 4.55. The predicted molar refractivity (Wildman–Crippen MR) is 96.0 cm³/mol. The Kier molecular flexibility index (Phi) is 5.93. The first-order chi connectivity index (χ1) is 12.9. The van der Waals surface area contributed by atoms with Crippen LogP contribution in [0.3, 0.4) is 0 Å². The van der Waals surface area contributed by atoms with E-state index in [9.17, 15) is 17.6 Å². The van der Waals surface area contributed by atoms with E-state index in [1.54, 1.807) is 18.4 Å². The molecular formula is C18H23FN3O4S+. The number of hydrogen-bond acceptors (Lipinski definition) is 4. The summed E-state index contributed by atoms with van der Waals surface area (Å²) in [6.45, 7) is 3.81. The van der Waals surface area contributed by atoms with E-state index in [4.69, 9.17) is 4.42 Å². The number of rotatable bonds is 6. The molecule has 0 aliphatic carbocycles. The molecule has 146 valence electrons. The van der Waals surface area contributed by atoms with Crippen LogP contribution in [0.4, 0.5) is 4.39 Å². The SMILES string of the molecule is C[C@H](NC(=O)C[NH+]1CCN(S(=O)(=O)c2ccc(F)cc2)CC1)c1ccco1. The molecule has 1 fully saturated rings. The van der Waals surface area contributed by atoms with Crippen LogP contribution in [0.1, 0.15) is 18.7 Å². The molecule has 2 N–H and O–H groups in total. The lowest BCUT2D eigenvalue weighted by molar-refractivity contribution is -0.895. The summed E-state index contributed by atoms with van der Waals surface area (Å²) in [7, 11) is -3.64. The second-order valence-corrected chi connectivity index (χ2v) is 8.53. The molecule has 1 aromatic heterocycles. The smallest absolute Gasteiger partial charge is 0.275 e. The summed E-state index contributed by atoms with van der Waals surface area (Å²) in [6.07, 6.45) is 1.56. The third kappa shape index (κ3) is 4.74. The number of sulfonamides is 1. The van der Waals surface area contributed by atoms with Crippen molar-refractivity contribution in [3.63, 3.8) is 0 Å². The highest BCUT2D eigenvalue weighted by molar-refractivity contribution is 7.89. The average Bonchev–Trinajstić information content (AvgIpc) is 3.17. The number of nitrogens with one attached hydrogen (secondary N) is 2. The first-order valence-electron chi connectivity index (χ1n) is 8.78. The number of quaternary nitrogens is 1. The number of furan rings is 1. The second kappa shape index (κ2) is 8.20. The van der Waals surface area contributed by atoms with Gasteiger partial charge in [0, 0.05) is 0 Å². The zero-order chi connectivity index (χ0) is 19.4. The van der Waals surface area contributed by atoms with Crippen LogP contribution in [0.25, 0.3) is 0 Å². The normalized spacial score (nSPS) is 17.6. The maximum atomic E-state index is 13.0. The number of benzene rings is 1. The number of halogens is 1. The van der Waals surface area contributed by atoms with Crippen LogP contribution >= 0.6 is 0 Å². The van der Waals surface area contributed by atoms with Gasteiger partial charge in [-0.3, -0.25) is 4.79 Å². The maximum absolute atomic E-state index is 13.0. The highest BCUT2D eigenvalue weighted by Gasteiger charge is 2.31. The van der Waals surface area contributed by atoms with Gasteiger partial charge in [-0.25, -0.2) is 12.8 Å². The summed E-state index contributed by atoms with van der Waals surface area (Å²) >= 11 is 0. The van der Waals surface area contributed by atoms with Crippen molar-refractivity contribution in [3.8, 4) is 0 Å². The Balaban J connectivity index is 1.51. The summed E-state index contributed by atoms with van der Waals surface area (Å²) < 4.78 is 44.9. The van der Waals surface area contributed by atoms with Crippen LogP contribution in [-0.2, 0) is 14.8 Å². The molecule has 1 atom stereocenters. The van der Waals surface area contributed by atoms with Crippen LogP contribution in [-0.4, -0.2) is 51.4 Å². The van der Waals surface area contributed by atoms with Crippen molar-refractivity contribution in [2.24, 2.45) is 0 Å². The summed E-state index contributed by atoms with van der Waals surface area (Å²) in [5.74, 6) is 0.107. The van der Waals surface area contributed by atoms with Gasteiger partial charge in [0.05, 0.1) is 43.4 Å². The summed E-state index contributed by atoms with van der Waals surface area (Å²) in [5.41, 5.74) is 0. The van der Waals surface area contributed by atoms with Crippen molar-refractivity contribution in [2.75, 3.05) is 32.7 Å². The Labute approximate surface area is 157 Å². The molecule has 1 saturated heterocycles. The minimum absolute atomic E-state index is 0.0809. The summed E-state index contributed by atoms with van der Waals surface area (Å²) in [4.78, 5) is 13.3. The molecule has 0 saturated carbocycles. The molecule has 0 spiro atoms. The van der Waals surface area contributed by atoms with E-state index in [1.807, 2.05) is 6.92 Å². The molecule has 1 aromatic carbocycles. The molecule has 1 aliphatic rings. The van der Waals surface area contributed by atoms with E-state index in [0.29, 0.717) is 31.9 Å². The molecule has 0 bridgehead atoms. The Bertz CT molecular complexity index is 861. The van der Waals surface area contributed by atoms with Crippen molar-refractivity contribution < 1.29 is 26.9 Å². The number of piperazine rings is 1. The van der Waals surface area contributed by atoms with Crippen LogP contribution < -0.4 is 10.2 Å². The fourth-order valence-electron chi connectivity index (χ4n) is 3.10. The van der Waals surface area contributed by atoms with Gasteiger partial charge < -0.3 is 14.6 Å². The van der Waals surface area contributed by atoms with E-state index < -0.39 is 15.8 Å². The number of hydrogen-bond donors (Lipinski definition) is 2. The third-order valence-electron chi connectivity index (χ3n) is 4.64. The minimum atomic E-state index is -3.64. The minimum Gasteiger partial charge on any atom is -0.467 e. The molecule has 0 radical (unpaired) electrons. The molecule has 2 heterocycles. The average molecular weight is 396 g/mol. The monoisotopic (exact) mass is 396 g/mol. The molecule has 1 aliphatic heterocycles. The lowest BCUT2D eigenvalue weighted by atomic mass is 10.2. The second-order valence-electron chi connectivity index (χ2n) is 6.59. The standard InChI is InChI=1S/C18H22FN3O4S/c1-14(17-3-2-12-26-17)20-18(23)13-21-8-10-22(11-9-21)27(24,25)16-6-4-15(19)5-7-16/h2-7,12,14H,8-11,13H2,1H3,(H,20,23)/p+1/t14-/m0/s1. The van der Waals surface area contributed by atoms with E-state index in [0.717, 1.165) is 17.0 Å². The zero-order valence-corrected chi connectivity index (χ0v) is 15.8. The Morgan fingerprint density at radius 1 is 1.26 bits per heavy atom. The van der Waals surface area contributed by atoms with Crippen LogP contribution in [0.15, 0.2) is 52.0 Å². The highest BCUT2D eigenvalue weighted by atomic mass is 32.2. The van der Waals surface area contributed by atoms with E-state index in [-0.39, 0.29) is 23.4 Å². The Morgan fingerprint density at radius 2 is 1.93 bits per heavy atom. The third-order valence-corrected chi connectivity index (χ3v) is 6.55. The predicted octanol–water partition coefficient (Wildman–Crippen LogP) is 0.185. The number of carbonyl (C=O) groups excluding carboxylic acids is 1. The first kappa shape index (κ1) is 19.5. The van der Waals surface area contributed by atoms with Gasteiger partial charge in [0.15, 0.2) is 6.54 Å². The zero-order valence-electron chi connectivity index (χ0n) is 15.0. The van der Waals surface area contributed by atoms with Crippen molar-refractivity contribution in [1.29, 1.82) is 0 Å². The van der Waals surface area contributed by atoms with Gasteiger partial charge in [-0.1, -0.05) is 0 Å². The quantitative estimate of drug-likeness (QED) is 0.730. The number of amides is 1. The lowest BCUT2D eigenvalue weighted by Crippen LogP contribution is -3.15.